The Balaban J connectivity index is 2.41. The number of nitrogens with zero attached hydrogens (tertiary/aromatic N) is 1. The lowest BCUT2D eigenvalue weighted by atomic mass is 10.1. The van der Waals surface area contributed by atoms with Crippen molar-refractivity contribution in [2.45, 2.75) is 26.7 Å². The summed E-state index contributed by atoms with van der Waals surface area (Å²) in [6, 6.07) is 8.31. The highest BCUT2D eigenvalue weighted by Crippen LogP contribution is 2.08. The van der Waals surface area contributed by atoms with E-state index in [1.54, 1.807) is 4.90 Å². The molecule has 0 spiro atoms. The van der Waals surface area contributed by atoms with E-state index in [0.29, 0.717) is 18.9 Å². The molecule has 0 aromatic heterocycles. The third kappa shape index (κ3) is 4.88. The predicted molar refractivity (Wildman–Crippen MR) is 75.4 cm³/mol. The second kappa shape index (κ2) is 7.17. The first-order valence-electron chi connectivity index (χ1n) is 6.52. The highest BCUT2D eigenvalue weighted by Gasteiger charge is 2.11. The van der Waals surface area contributed by atoms with Gasteiger partial charge < -0.3 is 10.6 Å². The van der Waals surface area contributed by atoms with Crippen molar-refractivity contribution in [2.75, 3.05) is 20.1 Å². The SMILES string of the molecule is Cc1cccc(CCC(=O)N(C)CC(C)CN)c1. The Kier molecular flexibility index (Phi) is 5.86. The standard InChI is InChI=1S/C15H24N2O/c1-12-5-4-6-14(9-12)7-8-15(18)17(3)11-13(2)10-16/h4-6,9,13H,7-8,10-11,16H2,1-3H3. The summed E-state index contributed by atoms with van der Waals surface area (Å²) in [5.74, 6) is 0.551. The van der Waals surface area contributed by atoms with E-state index >= 15 is 0 Å². The maximum absolute atomic E-state index is 11.9. The molecule has 18 heavy (non-hydrogen) atoms. The van der Waals surface area contributed by atoms with E-state index in [9.17, 15) is 4.79 Å². The first-order chi connectivity index (χ1) is 8.52. The smallest absolute Gasteiger partial charge is 0.222 e. The summed E-state index contributed by atoms with van der Waals surface area (Å²) in [5, 5.41) is 0. The van der Waals surface area contributed by atoms with Crippen LogP contribution in [-0.4, -0.2) is 30.9 Å². The maximum Gasteiger partial charge on any atom is 0.222 e. The highest BCUT2D eigenvalue weighted by atomic mass is 16.2. The molecule has 1 atom stereocenters. The van der Waals surface area contributed by atoms with Gasteiger partial charge in [0.05, 0.1) is 0 Å². The molecule has 1 amide bonds. The van der Waals surface area contributed by atoms with E-state index < -0.39 is 0 Å². The molecule has 0 radical (unpaired) electrons. The van der Waals surface area contributed by atoms with Gasteiger partial charge >= 0.3 is 0 Å². The normalized spacial score (nSPS) is 12.2. The van der Waals surface area contributed by atoms with Crippen molar-refractivity contribution in [1.82, 2.24) is 4.90 Å². The van der Waals surface area contributed by atoms with Gasteiger partial charge in [0.2, 0.25) is 5.91 Å². The second-order valence-corrected chi connectivity index (χ2v) is 5.10. The lowest BCUT2D eigenvalue weighted by molar-refractivity contribution is -0.130. The molecule has 1 rings (SSSR count). The van der Waals surface area contributed by atoms with Crippen LogP contribution in [0.5, 0.6) is 0 Å². The van der Waals surface area contributed by atoms with Crippen molar-refractivity contribution < 1.29 is 4.79 Å². The molecule has 1 aromatic carbocycles. The largest absolute Gasteiger partial charge is 0.345 e. The molecule has 0 saturated carbocycles. The Morgan fingerprint density at radius 3 is 2.78 bits per heavy atom. The van der Waals surface area contributed by atoms with Crippen LogP contribution >= 0.6 is 0 Å². The van der Waals surface area contributed by atoms with Gasteiger partial charge in [-0.3, -0.25) is 4.79 Å². The van der Waals surface area contributed by atoms with Crippen LogP contribution in [0.1, 0.15) is 24.5 Å². The van der Waals surface area contributed by atoms with Gasteiger partial charge in [-0.15, -0.1) is 0 Å². The maximum atomic E-state index is 11.9. The van der Waals surface area contributed by atoms with Gasteiger partial charge in [-0.05, 0) is 31.4 Å². The van der Waals surface area contributed by atoms with Crippen LogP contribution in [0, 0.1) is 12.8 Å². The summed E-state index contributed by atoms with van der Waals surface area (Å²) in [6.45, 7) is 5.49. The lowest BCUT2D eigenvalue weighted by Crippen LogP contribution is -2.33. The summed E-state index contributed by atoms with van der Waals surface area (Å²) >= 11 is 0. The highest BCUT2D eigenvalue weighted by molar-refractivity contribution is 5.76. The van der Waals surface area contributed by atoms with Gasteiger partial charge in [0.25, 0.3) is 0 Å². The van der Waals surface area contributed by atoms with Crippen LogP contribution in [-0.2, 0) is 11.2 Å². The van der Waals surface area contributed by atoms with Gasteiger partial charge in [-0.25, -0.2) is 0 Å². The van der Waals surface area contributed by atoms with E-state index in [1.807, 2.05) is 13.1 Å². The zero-order chi connectivity index (χ0) is 13.5. The number of carbonyl (C=O) groups excluding carboxylic acids is 1. The molecule has 0 fully saturated rings. The van der Waals surface area contributed by atoms with Crippen LogP contribution < -0.4 is 5.73 Å². The minimum Gasteiger partial charge on any atom is -0.345 e. The second-order valence-electron chi connectivity index (χ2n) is 5.10. The van der Waals surface area contributed by atoms with Crippen molar-refractivity contribution in [3.05, 3.63) is 35.4 Å². The van der Waals surface area contributed by atoms with Gasteiger partial charge in [-0.1, -0.05) is 36.8 Å². The van der Waals surface area contributed by atoms with E-state index in [-0.39, 0.29) is 5.91 Å². The monoisotopic (exact) mass is 248 g/mol. The summed E-state index contributed by atoms with van der Waals surface area (Å²) in [5.41, 5.74) is 8.03. The number of nitrogens with two attached hydrogens (primary N) is 1. The first kappa shape index (κ1) is 14.7. The Bertz CT molecular complexity index is 390. The van der Waals surface area contributed by atoms with Gasteiger partial charge in [0.15, 0.2) is 0 Å². The lowest BCUT2D eigenvalue weighted by Gasteiger charge is -2.20. The number of hydrogen-bond acceptors (Lipinski definition) is 2. The number of hydrogen-bond donors (Lipinski definition) is 1. The average Bonchev–Trinajstić information content (AvgIpc) is 2.35. The van der Waals surface area contributed by atoms with E-state index in [2.05, 4.69) is 32.0 Å². The first-order valence-corrected chi connectivity index (χ1v) is 6.52. The van der Waals surface area contributed by atoms with Crippen molar-refractivity contribution in [3.63, 3.8) is 0 Å². The third-order valence-electron chi connectivity index (χ3n) is 3.12. The zero-order valence-corrected chi connectivity index (χ0v) is 11.6. The van der Waals surface area contributed by atoms with Crippen LogP contribution in [0.25, 0.3) is 0 Å². The van der Waals surface area contributed by atoms with E-state index in [4.69, 9.17) is 5.73 Å². The summed E-state index contributed by atoms with van der Waals surface area (Å²) < 4.78 is 0. The summed E-state index contributed by atoms with van der Waals surface area (Å²) in [6.07, 6.45) is 1.37. The molecule has 0 bridgehead atoms. The molecule has 0 saturated heterocycles. The number of rotatable bonds is 6. The molecule has 3 nitrogen and oxygen atoms in total. The number of benzene rings is 1. The van der Waals surface area contributed by atoms with Gasteiger partial charge in [-0.2, -0.15) is 0 Å². The fraction of sp³-hybridized carbons (Fsp3) is 0.533. The zero-order valence-electron chi connectivity index (χ0n) is 11.6. The molecule has 0 heterocycles. The van der Waals surface area contributed by atoms with Crippen molar-refractivity contribution >= 4 is 5.91 Å². The number of carbonyl (C=O) groups is 1. The van der Waals surface area contributed by atoms with Crippen LogP contribution in [0.4, 0.5) is 0 Å². The molecule has 1 unspecified atom stereocenters. The third-order valence-corrected chi connectivity index (χ3v) is 3.12. The van der Waals surface area contributed by atoms with Crippen molar-refractivity contribution in [1.29, 1.82) is 0 Å². The molecule has 1 aromatic rings. The summed E-state index contributed by atoms with van der Waals surface area (Å²) in [7, 11) is 1.85. The van der Waals surface area contributed by atoms with E-state index in [1.165, 1.54) is 11.1 Å². The minimum absolute atomic E-state index is 0.191. The molecule has 0 aliphatic rings. The predicted octanol–water partition coefficient (Wildman–Crippen LogP) is 1.98. The van der Waals surface area contributed by atoms with Crippen LogP contribution in [0.2, 0.25) is 0 Å². The molecule has 0 aliphatic heterocycles. The van der Waals surface area contributed by atoms with Gasteiger partial charge in [0, 0.05) is 20.0 Å². The van der Waals surface area contributed by atoms with Crippen LogP contribution in [0.3, 0.4) is 0 Å². The van der Waals surface area contributed by atoms with Crippen molar-refractivity contribution in [3.8, 4) is 0 Å². The van der Waals surface area contributed by atoms with E-state index in [0.717, 1.165) is 13.0 Å². The molecular formula is C15H24N2O. The fourth-order valence-corrected chi connectivity index (χ4v) is 1.95. The Hall–Kier alpha value is -1.35. The molecule has 100 valence electrons. The van der Waals surface area contributed by atoms with Gasteiger partial charge in [0.1, 0.15) is 0 Å². The minimum atomic E-state index is 0.191. The molecule has 2 N–H and O–H groups in total. The Labute approximate surface area is 110 Å². The van der Waals surface area contributed by atoms with Crippen LogP contribution in [0.15, 0.2) is 24.3 Å². The molecule has 0 aliphatic carbocycles. The summed E-state index contributed by atoms with van der Waals surface area (Å²) in [4.78, 5) is 13.7. The number of aryl methyl sites for hydroxylation is 2. The Morgan fingerprint density at radius 2 is 2.17 bits per heavy atom. The fourth-order valence-electron chi connectivity index (χ4n) is 1.95. The number of amides is 1. The molecular weight excluding hydrogens is 224 g/mol. The molecule has 3 heteroatoms. The Morgan fingerprint density at radius 1 is 1.44 bits per heavy atom. The van der Waals surface area contributed by atoms with Crippen molar-refractivity contribution in [2.24, 2.45) is 11.7 Å². The quantitative estimate of drug-likeness (QED) is 0.836. The topological polar surface area (TPSA) is 46.3 Å². The average molecular weight is 248 g/mol.